The van der Waals surface area contributed by atoms with Crippen LogP contribution in [0.25, 0.3) is 5.52 Å². The highest BCUT2D eigenvalue weighted by atomic mass is 16.1. The van der Waals surface area contributed by atoms with E-state index in [9.17, 15) is 4.79 Å². The number of carbonyl (C=O) groups excluding carboxylic acids is 1. The Hall–Kier alpha value is -1.88. The van der Waals surface area contributed by atoms with Crippen LogP contribution in [0.5, 0.6) is 0 Å². The summed E-state index contributed by atoms with van der Waals surface area (Å²) in [4.78, 5) is 11.8. The molecule has 5 nitrogen and oxygen atoms in total. The molecule has 0 bridgehead atoms. The summed E-state index contributed by atoms with van der Waals surface area (Å²) in [7, 11) is 1.64. The number of aromatic nitrogens is 2. The van der Waals surface area contributed by atoms with Gasteiger partial charge in [0.15, 0.2) is 0 Å². The summed E-state index contributed by atoms with van der Waals surface area (Å²) in [5.74, 6) is 0.496. The van der Waals surface area contributed by atoms with E-state index < -0.39 is 0 Å². The van der Waals surface area contributed by atoms with E-state index in [-0.39, 0.29) is 5.91 Å². The minimum atomic E-state index is -0.0857. The second-order valence-corrected chi connectivity index (χ2v) is 4.95. The molecule has 5 heteroatoms. The maximum Gasteiger partial charge on any atom is 0.254 e. The maximum absolute atomic E-state index is 11.8. The number of rotatable bonds is 2. The van der Waals surface area contributed by atoms with Gasteiger partial charge in [-0.2, -0.15) is 5.10 Å². The summed E-state index contributed by atoms with van der Waals surface area (Å²) in [6, 6.07) is 4.22. The Morgan fingerprint density at radius 3 is 3.00 bits per heavy atom. The first-order chi connectivity index (χ1) is 9.29. The van der Waals surface area contributed by atoms with Crippen molar-refractivity contribution in [2.24, 2.45) is 0 Å². The van der Waals surface area contributed by atoms with Crippen LogP contribution < -0.4 is 10.6 Å². The number of pyridine rings is 1. The fourth-order valence-electron chi connectivity index (χ4n) is 2.72. The van der Waals surface area contributed by atoms with Crippen LogP contribution in [0.1, 0.15) is 34.7 Å². The van der Waals surface area contributed by atoms with Gasteiger partial charge in [-0.1, -0.05) is 0 Å². The van der Waals surface area contributed by atoms with Crippen molar-refractivity contribution in [2.75, 3.05) is 20.1 Å². The Labute approximate surface area is 112 Å². The van der Waals surface area contributed by atoms with Gasteiger partial charge in [-0.25, -0.2) is 4.52 Å². The highest BCUT2D eigenvalue weighted by Crippen LogP contribution is 2.26. The van der Waals surface area contributed by atoms with Gasteiger partial charge in [0.25, 0.3) is 5.91 Å². The van der Waals surface area contributed by atoms with Crippen LogP contribution in [0.15, 0.2) is 24.5 Å². The zero-order valence-corrected chi connectivity index (χ0v) is 11.0. The Balaban J connectivity index is 2.00. The Morgan fingerprint density at radius 1 is 1.47 bits per heavy atom. The molecule has 0 aliphatic carbocycles. The monoisotopic (exact) mass is 258 g/mol. The number of nitrogens with zero attached hydrogens (tertiary/aromatic N) is 2. The van der Waals surface area contributed by atoms with Gasteiger partial charge in [-0.15, -0.1) is 0 Å². The van der Waals surface area contributed by atoms with E-state index in [4.69, 9.17) is 0 Å². The van der Waals surface area contributed by atoms with Crippen molar-refractivity contribution in [3.63, 3.8) is 0 Å². The molecule has 19 heavy (non-hydrogen) atoms. The maximum atomic E-state index is 11.8. The van der Waals surface area contributed by atoms with Crippen molar-refractivity contribution in [3.8, 4) is 0 Å². The van der Waals surface area contributed by atoms with Crippen LogP contribution >= 0.6 is 0 Å². The number of nitrogens with one attached hydrogen (secondary N) is 2. The smallest absolute Gasteiger partial charge is 0.254 e. The van der Waals surface area contributed by atoms with Crippen LogP contribution in [0.2, 0.25) is 0 Å². The summed E-state index contributed by atoms with van der Waals surface area (Å²) in [6.07, 6.45) is 5.87. The Kier molecular flexibility index (Phi) is 3.21. The van der Waals surface area contributed by atoms with E-state index in [1.165, 1.54) is 5.56 Å². The third-order valence-electron chi connectivity index (χ3n) is 3.83. The highest BCUT2D eigenvalue weighted by Gasteiger charge is 2.17. The summed E-state index contributed by atoms with van der Waals surface area (Å²) >= 11 is 0. The van der Waals surface area contributed by atoms with Crippen molar-refractivity contribution >= 4 is 11.4 Å². The minimum Gasteiger partial charge on any atom is -0.355 e. The fourth-order valence-corrected chi connectivity index (χ4v) is 2.72. The van der Waals surface area contributed by atoms with Crippen molar-refractivity contribution in [3.05, 3.63) is 35.7 Å². The summed E-state index contributed by atoms with van der Waals surface area (Å²) in [5, 5.41) is 10.2. The molecule has 100 valence electrons. The zero-order chi connectivity index (χ0) is 13.2. The lowest BCUT2D eigenvalue weighted by molar-refractivity contribution is 0.0964. The number of hydrogen-bond donors (Lipinski definition) is 2. The number of fused-ring (bicyclic) bond motifs is 1. The molecule has 0 radical (unpaired) electrons. The van der Waals surface area contributed by atoms with Crippen LogP contribution in [-0.2, 0) is 0 Å². The molecular formula is C14H18N4O. The molecule has 0 spiro atoms. The van der Waals surface area contributed by atoms with Crippen LogP contribution in [-0.4, -0.2) is 35.7 Å². The van der Waals surface area contributed by atoms with Crippen molar-refractivity contribution in [1.82, 2.24) is 20.2 Å². The van der Waals surface area contributed by atoms with Crippen LogP contribution in [0.4, 0.5) is 0 Å². The molecule has 1 fully saturated rings. The Morgan fingerprint density at radius 2 is 2.26 bits per heavy atom. The predicted molar refractivity (Wildman–Crippen MR) is 73.4 cm³/mol. The van der Waals surface area contributed by atoms with Gasteiger partial charge < -0.3 is 10.6 Å². The minimum absolute atomic E-state index is 0.0857. The second kappa shape index (κ2) is 5.01. The van der Waals surface area contributed by atoms with E-state index in [2.05, 4.69) is 27.9 Å². The average molecular weight is 258 g/mol. The predicted octanol–water partition coefficient (Wildman–Crippen LogP) is 1.16. The number of amides is 1. The average Bonchev–Trinajstić information content (AvgIpc) is 2.90. The van der Waals surface area contributed by atoms with Gasteiger partial charge in [0.2, 0.25) is 0 Å². The summed E-state index contributed by atoms with van der Waals surface area (Å²) < 4.78 is 1.76. The number of piperidine rings is 1. The van der Waals surface area contributed by atoms with Crippen LogP contribution in [0, 0.1) is 0 Å². The lowest BCUT2D eigenvalue weighted by Gasteiger charge is -2.23. The quantitative estimate of drug-likeness (QED) is 0.850. The van der Waals surface area contributed by atoms with Crippen LogP contribution in [0.3, 0.4) is 0 Å². The molecule has 2 aromatic heterocycles. The molecule has 0 aromatic carbocycles. The Bertz CT molecular complexity index is 599. The van der Waals surface area contributed by atoms with Gasteiger partial charge in [0, 0.05) is 13.2 Å². The van der Waals surface area contributed by atoms with E-state index in [0.29, 0.717) is 11.5 Å². The first-order valence-corrected chi connectivity index (χ1v) is 6.69. The molecule has 0 saturated carbocycles. The van der Waals surface area contributed by atoms with Gasteiger partial charge in [-0.3, -0.25) is 4.79 Å². The molecule has 2 N–H and O–H groups in total. The molecule has 3 rings (SSSR count). The van der Waals surface area contributed by atoms with Gasteiger partial charge in [0.1, 0.15) is 0 Å². The summed E-state index contributed by atoms with van der Waals surface area (Å²) in [6.45, 7) is 2.13. The van der Waals surface area contributed by atoms with Gasteiger partial charge in [-0.05, 0) is 49.5 Å². The topological polar surface area (TPSA) is 58.4 Å². The normalized spacial score (nSPS) is 16.7. The SMILES string of the molecule is CNC(=O)c1cnn2ccc(C3CCNCC3)cc12. The summed E-state index contributed by atoms with van der Waals surface area (Å²) in [5.41, 5.74) is 2.83. The van der Waals surface area contributed by atoms with E-state index in [0.717, 1.165) is 31.4 Å². The van der Waals surface area contributed by atoms with E-state index in [1.54, 1.807) is 17.8 Å². The second-order valence-electron chi connectivity index (χ2n) is 4.95. The lowest BCUT2D eigenvalue weighted by Crippen LogP contribution is -2.26. The first-order valence-electron chi connectivity index (χ1n) is 6.69. The molecule has 1 saturated heterocycles. The molecule has 0 atom stereocenters. The zero-order valence-electron chi connectivity index (χ0n) is 11.0. The van der Waals surface area contributed by atoms with Gasteiger partial charge >= 0.3 is 0 Å². The van der Waals surface area contributed by atoms with E-state index >= 15 is 0 Å². The number of carbonyl (C=O) groups is 1. The number of hydrogen-bond acceptors (Lipinski definition) is 3. The molecule has 0 unspecified atom stereocenters. The van der Waals surface area contributed by atoms with E-state index in [1.807, 2.05) is 6.20 Å². The van der Waals surface area contributed by atoms with Crippen molar-refractivity contribution < 1.29 is 4.79 Å². The lowest BCUT2D eigenvalue weighted by atomic mass is 9.90. The molecule has 2 aromatic rings. The molecular weight excluding hydrogens is 240 g/mol. The molecule has 1 aliphatic heterocycles. The van der Waals surface area contributed by atoms with Gasteiger partial charge in [0.05, 0.1) is 17.3 Å². The third-order valence-corrected chi connectivity index (χ3v) is 3.83. The first kappa shape index (κ1) is 12.2. The molecule has 3 heterocycles. The third kappa shape index (κ3) is 2.21. The van der Waals surface area contributed by atoms with Crippen molar-refractivity contribution in [1.29, 1.82) is 0 Å². The molecule has 1 amide bonds. The largest absolute Gasteiger partial charge is 0.355 e. The van der Waals surface area contributed by atoms with Crippen molar-refractivity contribution in [2.45, 2.75) is 18.8 Å². The molecule has 1 aliphatic rings. The fraction of sp³-hybridized carbons (Fsp3) is 0.429. The standard InChI is InChI=1S/C14H18N4O/c1-15-14(19)12-9-17-18-7-4-11(8-13(12)18)10-2-5-16-6-3-10/h4,7-10,16H,2-3,5-6H2,1H3,(H,15,19). The highest BCUT2D eigenvalue weighted by molar-refractivity contribution is 6.00.